The van der Waals surface area contributed by atoms with Gasteiger partial charge in [0, 0.05) is 0 Å². The number of rotatable bonds is 2. The molecule has 2 heteroatoms. The Labute approximate surface area is 80.9 Å². The van der Waals surface area contributed by atoms with Gasteiger partial charge in [-0.05, 0) is 35.0 Å². The zero-order valence-electron chi connectivity index (χ0n) is 6.80. The quantitative estimate of drug-likeness (QED) is 0.703. The van der Waals surface area contributed by atoms with Crippen molar-refractivity contribution in [2.45, 2.75) is 6.92 Å². The number of halogens is 1. The van der Waals surface area contributed by atoms with Crippen LogP contribution in [0.1, 0.15) is 6.92 Å². The molecular weight excluding hydrogens is 216 g/mol. The zero-order valence-corrected chi connectivity index (χ0v) is 8.39. The van der Waals surface area contributed by atoms with E-state index in [9.17, 15) is 0 Å². The van der Waals surface area contributed by atoms with Crippen LogP contribution in [0.3, 0.4) is 0 Å². The molecule has 0 aliphatic heterocycles. The number of benzene rings is 1. The van der Waals surface area contributed by atoms with Crippen molar-refractivity contribution in [1.82, 2.24) is 0 Å². The molecule has 0 bridgehead atoms. The van der Waals surface area contributed by atoms with Crippen LogP contribution in [-0.4, -0.2) is 6.61 Å². The van der Waals surface area contributed by atoms with E-state index in [4.69, 9.17) is 4.74 Å². The van der Waals surface area contributed by atoms with Crippen molar-refractivity contribution in [1.29, 1.82) is 0 Å². The van der Waals surface area contributed by atoms with Crippen molar-refractivity contribution in [3.63, 3.8) is 0 Å². The minimum absolute atomic E-state index is 0.444. The van der Waals surface area contributed by atoms with Gasteiger partial charge in [-0.3, -0.25) is 0 Å². The molecule has 0 atom stereocenters. The highest BCUT2D eigenvalue weighted by atomic mass is 79.9. The molecule has 1 aromatic carbocycles. The second kappa shape index (κ2) is 4.84. The van der Waals surface area contributed by atoms with Gasteiger partial charge in [-0.1, -0.05) is 18.1 Å². The Kier molecular flexibility index (Phi) is 3.69. The standard InChI is InChI=1S/C10H9BrO/c1-2-3-8-12-10-7-5-4-6-9(10)11/h4-7H,8H2,1H3. The first kappa shape index (κ1) is 9.15. The van der Waals surface area contributed by atoms with E-state index in [2.05, 4.69) is 27.8 Å². The van der Waals surface area contributed by atoms with Gasteiger partial charge in [-0.2, -0.15) is 0 Å². The Bertz CT molecular complexity index is 309. The SMILES string of the molecule is CC#CCOc1ccccc1Br. The van der Waals surface area contributed by atoms with Crippen molar-refractivity contribution in [2.75, 3.05) is 6.61 Å². The molecule has 1 rings (SSSR count). The van der Waals surface area contributed by atoms with Crippen LogP contribution in [-0.2, 0) is 0 Å². The van der Waals surface area contributed by atoms with Crippen LogP contribution >= 0.6 is 15.9 Å². The van der Waals surface area contributed by atoms with E-state index in [1.54, 1.807) is 6.92 Å². The topological polar surface area (TPSA) is 9.23 Å². The minimum atomic E-state index is 0.444. The fourth-order valence-electron chi connectivity index (χ4n) is 0.748. The molecule has 1 nitrogen and oxygen atoms in total. The van der Waals surface area contributed by atoms with E-state index in [1.807, 2.05) is 24.3 Å². The van der Waals surface area contributed by atoms with E-state index < -0.39 is 0 Å². The van der Waals surface area contributed by atoms with Gasteiger partial charge < -0.3 is 4.74 Å². The number of ether oxygens (including phenoxy) is 1. The minimum Gasteiger partial charge on any atom is -0.480 e. The first-order chi connectivity index (χ1) is 5.84. The second-order valence-corrected chi connectivity index (χ2v) is 3.00. The molecule has 0 saturated carbocycles. The normalized spacial score (nSPS) is 8.50. The summed E-state index contributed by atoms with van der Waals surface area (Å²) in [5, 5.41) is 0. The summed E-state index contributed by atoms with van der Waals surface area (Å²) in [6.45, 7) is 2.24. The van der Waals surface area contributed by atoms with Gasteiger partial charge in [-0.15, -0.1) is 5.92 Å². The molecule has 0 radical (unpaired) electrons. The molecule has 0 aromatic heterocycles. The predicted molar refractivity (Wildman–Crippen MR) is 53.1 cm³/mol. The first-order valence-electron chi connectivity index (χ1n) is 3.61. The number of hydrogen-bond acceptors (Lipinski definition) is 1. The number of para-hydroxylation sites is 1. The van der Waals surface area contributed by atoms with Gasteiger partial charge >= 0.3 is 0 Å². The lowest BCUT2D eigenvalue weighted by molar-refractivity contribution is 0.368. The summed E-state index contributed by atoms with van der Waals surface area (Å²) < 4.78 is 6.32. The molecule has 0 heterocycles. The van der Waals surface area contributed by atoms with E-state index in [1.165, 1.54) is 0 Å². The maximum atomic E-state index is 5.36. The van der Waals surface area contributed by atoms with Gasteiger partial charge in [0.1, 0.15) is 12.4 Å². The summed E-state index contributed by atoms with van der Waals surface area (Å²) in [4.78, 5) is 0. The fraction of sp³-hybridized carbons (Fsp3) is 0.200. The lowest BCUT2D eigenvalue weighted by atomic mass is 10.3. The Morgan fingerprint density at radius 1 is 1.42 bits per heavy atom. The highest BCUT2D eigenvalue weighted by molar-refractivity contribution is 9.10. The second-order valence-electron chi connectivity index (χ2n) is 2.15. The lowest BCUT2D eigenvalue weighted by Crippen LogP contribution is -1.93. The molecule has 0 aliphatic carbocycles. The van der Waals surface area contributed by atoms with Crippen molar-refractivity contribution in [2.24, 2.45) is 0 Å². The number of hydrogen-bond donors (Lipinski definition) is 0. The van der Waals surface area contributed by atoms with E-state index in [0.717, 1.165) is 10.2 Å². The lowest BCUT2D eigenvalue weighted by Gasteiger charge is -2.02. The molecule has 62 valence electrons. The third-order valence-corrected chi connectivity index (χ3v) is 1.97. The summed E-state index contributed by atoms with van der Waals surface area (Å²) in [5.41, 5.74) is 0. The molecule has 1 aromatic rings. The van der Waals surface area contributed by atoms with E-state index >= 15 is 0 Å². The van der Waals surface area contributed by atoms with E-state index in [-0.39, 0.29) is 0 Å². The van der Waals surface area contributed by atoms with Crippen LogP contribution in [0.15, 0.2) is 28.7 Å². The molecule has 0 unspecified atom stereocenters. The van der Waals surface area contributed by atoms with Gasteiger partial charge in [0.15, 0.2) is 0 Å². The summed E-state index contributed by atoms with van der Waals surface area (Å²) in [5.74, 6) is 6.43. The predicted octanol–water partition coefficient (Wildman–Crippen LogP) is 2.85. The average molecular weight is 225 g/mol. The third kappa shape index (κ3) is 2.60. The van der Waals surface area contributed by atoms with Crippen LogP contribution in [0.25, 0.3) is 0 Å². The Hall–Kier alpha value is -0.940. The summed E-state index contributed by atoms with van der Waals surface area (Å²) >= 11 is 3.38. The van der Waals surface area contributed by atoms with E-state index in [0.29, 0.717) is 6.61 Å². The maximum absolute atomic E-state index is 5.36. The van der Waals surface area contributed by atoms with Gasteiger partial charge in [0.25, 0.3) is 0 Å². The van der Waals surface area contributed by atoms with Gasteiger partial charge in [-0.25, -0.2) is 0 Å². The summed E-state index contributed by atoms with van der Waals surface area (Å²) in [7, 11) is 0. The van der Waals surface area contributed by atoms with Crippen LogP contribution in [0.4, 0.5) is 0 Å². The van der Waals surface area contributed by atoms with Gasteiger partial charge in [0.2, 0.25) is 0 Å². The molecule has 0 N–H and O–H groups in total. The van der Waals surface area contributed by atoms with Crippen LogP contribution in [0.2, 0.25) is 0 Å². The van der Waals surface area contributed by atoms with Crippen molar-refractivity contribution < 1.29 is 4.74 Å². The molecule has 12 heavy (non-hydrogen) atoms. The summed E-state index contributed by atoms with van der Waals surface area (Å²) in [6.07, 6.45) is 0. The molecule has 0 aliphatic rings. The fourth-order valence-corrected chi connectivity index (χ4v) is 1.15. The molecule has 0 amide bonds. The summed E-state index contributed by atoms with van der Waals surface area (Å²) in [6, 6.07) is 7.72. The monoisotopic (exact) mass is 224 g/mol. The van der Waals surface area contributed by atoms with Gasteiger partial charge in [0.05, 0.1) is 4.47 Å². The Balaban J connectivity index is 2.61. The maximum Gasteiger partial charge on any atom is 0.149 e. The largest absolute Gasteiger partial charge is 0.480 e. The van der Waals surface area contributed by atoms with Crippen molar-refractivity contribution in [3.8, 4) is 17.6 Å². The van der Waals surface area contributed by atoms with Crippen LogP contribution in [0, 0.1) is 11.8 Å². The zero-order chi connectivity index (χ0) is 8.81. The third-order valence-electron chi connectivity index (χ3n) is 1.31. The van der Waals surface area contributed by atoms with Crippen LogP contribution in [0.5, 0.6) is 5.75 Å². The van der Waals surface area contributed by atoms with Crippen molar-refractivity contribution >= 4 is 15.9 Å². The molecular formula is C10H9BrO. The first-order valence-corrected chi connectivity index (χ1v) is 4.41. The smallest absolute Gasteiger partial charge is 0.149 e. The molecule has 0 spiro atoms. The average Bonchev–Trinajstić information content (AvgIpc) is 2.09. The molecule has 0 saturated heterocycles. The highest BCUT2D eigenvalue weighted by Gasteiger charge is 1.95. The van der Waals surface area contributed by atoms with Crippen molar-refractivity contribution in [3.05, 3.63) is 28.7 Å². The Morgan fingerprint density at radius 3 is 2.83 bits per heavy atom. The highest BCUT2D eigenvalue weighted by Crippen LogP contribution is 2.23. The van der Waals surface area contributed by atoms with Crippen LogP contribution < -0.4 is 4.74 Å². The molecule has 0 fully saturated rings. The Morgan fingerprint density at radius 2 is 2.17 bits per heavy atom.